The fourth-order valence-electron chi connectivity index (χ4n) is 2.89. The Morgan fingerprint density at radius 1 is 0.900 bits per heavy atom. The van der Waals surface area contributed by atoms with E-state index in [-0.39, 0.29) is 11.6 Å². The van der Waals surface area contributed by atoms with E-state index in [0.29, 0.717) is 30.0 Å². The predicted molar refractivity (Wildman–Crippen MR) is 112 cm³/mol. The summed E-state index contributed by atoms with van der Waals surface area (Å²) in [5.41, 5.74) is 0.953. The molecule has 0 spiro atoms. The fraction of sp³-hybridized carbons (Fsp3) is 0.333. The lowest BCUT2D eigenvalue weighted by Gasteiger charge is -2.23. The van der Waals surface area contributed by atoms with E-state index in [0.717, 1.165) is 12.1 Å². The van der Waals surface area contributed by atoms with Gasteiger partial charge in [0, 0.05) is 44.2 Å². The van der Waals surface area contributed by atoms with Gasteiger partial charge in [-0.15, -0.1) is 0 Å². The van der Waals surface area contributed by atoms with Crippen molar-refractivity contribution in [2.24, 2.45) is 0 Å². The average Bonchev–Trinajstić information content (AvgIpc) is 2.68. The van der Waals surface area contributed by atoms with Crippen molar-refractivity contribution in [1.29, 1.82) is 0 Å². The molecule has 30 heavy (non-hydrogen) atoms. The Labute approximate surface area is 173 Å². The molecule has 2 rings (SSSR count). The van der Waals surface area contributed by atoms with Crippen LogP contribution in [0.3, 0.4) is 0 Å². The zero-order chi connectivity index (χ0) is 22.5. The Morgan fingerprint density at radius 2 is 1.43 bits per heavy atom. The van der Waals surface area contributed by atoms with Gasteiger partial charge in [-0.3, -0.25) is 4.79 Å². The van der Waals surface area contributed by atoms with Crippen LogP contribution >= 0.6 is 0 Å². The van der Waals surface area contributed by atoms with Gasteiger partial charge in [0.2, 0.25) is 0 Å². The average molecular weight is 422 g/mol. The van der Waals surface area contributed by atoms with Crippen LogP contribution in [0.2, 0.25) is 0 Å². The number of benzene rings is 2. The summed E-state index contributed by atoms with van der Waals surface area (Å²) in [4.78, 5) is 28.6. The van der Waals surface area contributed by atoms with E-state index < -0.39 is 17.8 Å². The largest absolute Gasteiger partial charge is 0.416 e. The highest BCUT2D eigenvalue weighted by molar-refractivity contribution is 6.04. The smallest absolute Gasteiger partial charge is 0.377 e. The monoisotopic (exact) mass is 422 g/mol. The molecule has 3 amide bonds. The van der Waals surface area contributed by atoms with Gasteiger partial charge < -0.3 is 20.4 Å². The highest BCUT2D eigenvalue weighted by Crippen LogP contribution is 2.30. The van der Waals surface area contributed by atoms with Crippen molar-refractivity contribution >= 4 is 29.0 Å². The van der Waals surface area contributed by atoms with Crippen molar-refractivity contribution in [3.63, 3.8) is 0 Å². The molecule has 2 N–H and O–H groups in total. The molecular formula is C21H25F3N4O2. The summed E-state index contributed by atoms with van der Waals surface area (Å²) >= 11 is 0. The molecule has 0 heterocycles. The van der Waals surface area contributed by atoms with Crippen LogP contribution < -0.4 is 15.5 Å². The highest BCUT2D eigenvalue weighted by Gasteiger charge is 2.30. The second-order valence-corrected chi connectivity index (χ2v) is 6.76. The van der Waals surface area contributed by atoms with Crippen LogP contribution in [0.15, 0.2) is 42.5 Å². The third kappa shape index (κ3) is 5.65. The summed E-state index contributed by atoms with van der Waals surface area (Å²) in [5, 5.41) is 5.09. The van der Waals surface area contributed by atoms with Crippen molar-refractivity contribution in [2.45, 2.75) is 20.0 Å². The number of rotatable bonds is 6. The first kappa shape index (κ1) is 23.1. The number of nitrogens with zero attached hydrogens (tertiary/aromatic N) is 2. The number of carbonyl (C=O) groups is 2. The Hall–Kier alpha value is -3.23. The lowest BCUT2D eigenvalue weighted by molar-refractivity contribution is -0.137. The molecule has 0 aliphatic rings. The van der Waals surface area contributed by atoms with Gasteiger partial charge in [0.05, 0.1) is 11.1 Å². The molecule has 2 aromatic carbocycles. The fourth-order valence-corrected chi connectivity index (χ4v) is 2.89. The lowest BCUT2D eigenvalue weighted by atomic mass is 10.1. The van der Waals surface area contributed by atoms with Crippen LogP contribution in [0.4, 0.5) is 35.0 Å². The lowest BCUT2D eigenvalue weighted by Crippen LogP contribution is -2.32. The summed E-state index contributed by atoms with van der Waals surface area (Å²) in [7, 11) is 3.64. The maximum Gasteiger partial charge on any atom is 0.416 e. The normalized spacial score (nSPS) is 11.0. The van der Waals surface area contributed by atoms with Gasteiger partial charge in [-0.2, -0.15) is 13.2 Å². The SMILES string of the molecule is CCN(CC)C(=O)c1cc(NC(=O)Nc2ccc(C(F)(F)F)cc2)ccc1N(C)C. The summed E-state index contributed by atoms with van der Waals surface area (Å²) < 4.78 is 37.9. The first-order chi connectivity index (χ1) is 14.1. The molecule has 0 saturated heterocycles. The van der Waals surface area contributed by atoms with Crippen molar-refractivity contribution in [3.05, 3.63) is 53.6 Å². The summed E-state index contributed by atoms with van der Waals surface area (Å²) in [6, 6.07) is 8.46. The number of nitrogens with one attached hydrogen (secondary N) is 2. The number of hydrogen-bond acceptors (Lipinski definition) is 3. The first-order valence-corrected chi connectivity index (χ1v) is 9.42. The minimum absolute atomic E-state index is 0.157. The van der Waals surface area contributed by atoms with Crippen molar-refractivity contribution in [2.75, 3.05) is 42.7 Å². The standard InChI is InChI=1S/C21H25F3N4O2/c1-5-28(6-2)19(29)17-13-16(11-12-18(17)27(3)4)26-20(30)25-15-9-7-14(8-10-15)21(22,23)24/h7-13H,5-6H2,1-4H3,(H2,25,26,30). The second-order valence-electron chi connectivity index (χ2n) is 6.76. The zero-order valence-electron chi connectivity index (χ0n) is 17.3. The van der Waals surface area contributed by atoms with Crippen molar-refractivity contribution in [1.82, 2.24) is 4.90 Å². The van der Waals surface area contributed by atoms with Crippen LogP contribution in [0.1, 0.15) is 29.8 Å². The van der Waals surface area contributed by atoms with Crippen LogP contribution in [0, 0.1) is 0 Å². The molecule has 0 unspecified atom stereocenters. The molecule has 0 aliphatic carbocycles. The molecule has 0 bridgehead atoms. The maximum absolute atomic E-state index is 12.9. The van der Waals surface area contributed by atoms with Gasteiger partial charge in [0.1, 0.15) is 0 Å². The van der Waals surface area contributed by atoms with Gasteiger partial charge in [-0.1, -0.05) is 0 Å². The summed E-state index contributed by atoms with van der Waals surface area (Å²) in [6.45, 7) is 4.87. The van der Waals surface area contributed by atoms with Crippen LogP contribution in [0.25, 0.3) is 0 Å². The van der Waals surface area contributed by atoms with E-state index in [4.69, 9.17) is 0 Å². The second kappa shape index (κ2) is 9.51. The number of hydrogen-bond donors (Lipinski definition) is 2. The first-order valence-electron chi connectivity index (χ1n) is 9.42. The molecule has 0 radical (unpaired) electrons. The van der Waals surface area contributed by atoms with Crippen molar-refractivity contribution < 1.29 is 22.8 Å². The van der Waals surface area contributed by atoms with E-state index in [9.17, 15) is 22.8 Å². The molecule has 162 valence electrons. The van der Waals surface area contributed by atoms with Crippen LogP contribution in [-0.2, 0) is 6.18 Å². The van der Waals surface area contributed by atoms with E-state index in [1.165, 1.54) is 12.1 Å². The molecular weight excluding hydrogens is 397 g/mol. The number of amides is 3. The third-order valence-electron chi connectivity index (χ3n) is 4.49. The van der Waals surface area contributed by atoms with Gasteiger partial charge in [-0.25, -0.2) is 4.79 Å². The Bertz CT molecular complexity index is 892. The van der Waals surface area contributed by atoms with Crippen molar-refractivity contribution in [3.8, 4) is 0 Å². The van der Waals surface area contributed by atoms with E-state index in [2.05, 4.69) is 10.6 Å². The van der Waals surface area contributed by atoms with Gasteiger partial charge in [-0.05, 0) is 56.3 Å². The van der Waals surface area contributed by atoms with Crippen LogP contribution in [-0.4, -0.2) is 44.0 Å². The van der Waals surface area contributed by atoms with E-state index in [1.54, 1.807) is 23.1 Å². The Morgan fingerprint density at radius 3 is 1.93 bits per heavy atom. The minimum Gasteiger partial charge on any atom is -0.377 e. The topological polar surface area (TPSA) is 64.7 Å². The number of halogens is 3. The molecule has 0 fully saturated rings. The number of anilines is 3. The summed E-state index contributed by atoms with van der Waals surface area (Å²) in [5.74, 6) is -0.157. The highest BCUT2D eigenvalue weighted by atomic mass is 19.4. The predicted octanol–water partition coefficient (Wildman–Crippen LogP) is 4.90. The maximum atomic E-state index is 12.9. The molecule has 0 saturated carbocycles. The number of urea groups is 1. The Balaban J connectivity index is 2.18. The van der Waals surface area contributed by atoms with Gasteiger partial charge in [0.25, 0.3) is 5.91 Å². The quantitative estimate of drug-likeness (QED) is 0.696. The van der Waals surface area contributed by atoms with E-state index in [1.807, 2.05) is 32.8 Å². The third-order valence-corrected chi connectivity index (χ3v) is 4.49. The van der Waals surface area contributed by atoms with Crippen LogP contribution in [0.5, 0.6) is 0 Å². The molecule has 0 aliphatic heterocycles. The zero-order valence-corrected chi connectivity index (χ0v) is 17.3. The number of carbonyl (C=O) groups excluding carboxylic acids is 2. The molecule has 2 aromatic rings. The number of alkyl halides is 3. The van der Waals surface area contributed by atoms with Gasteiger partial charge in [0.15, 0.2) is 0 Å². The van der Waals surface area contributed by atoms with Gasteiger partial charge >= 0.3 is 12.2 Å². The van der Waals surface area contributed by atoms with E-state index >= 15 is 0 Å². The molecule has 0 aromatic heterocycles. The summed E-state index contributed by atoms with van der Waals surface area (Å²) in [6.07, 6.45) is -4.44. The minimum atomic E-state index is -4.44. The molecule has 9 heteroatoms. The molecule has 0 atom stereocenters. The Kier molecular flexibility index (Phi) is 7.31. The molecule has 6 nitrogen and oxygen atoms in total.